The van der Waals surface area contributed by atoms with Crippen LogP contribution in [0.2, 0.25) is 0 Å². The summed E-state index contributed by atoms with van der Waals surface area (Å²) in [4.78, 5) is 5.04. The molecule has 0 fully saturated rings. The van der Waals surface area contributed by atoms with Gasteiger partial charge < -0.3 is 4.57 Å². The van der Waals surface area contributed by atoms with Crippen molar-refractivity contribution in [3.63, 3.8) is 0 Å². The number of nitrogens with zero attached hydrogens (tertiary/aromatic N) is 4. The number of thiophene rings is 1. The van der Waals surface area contributed by atoms with E-state index in [1.807, 2.05) is 43.6 Å². The Morgan fingerprint density at radius 1 is 1.33 bits per heavy atom. The van der Waals surface area contributed by atoms with E-state index in [1.54, 1.807) is 33.0 Å². The summed E-state index contributed by atoms with van der Waals surface area (Å²) in [5.41, 5.74) is 0. The molecule has 0 aliphatic carbocycles. The predicted molar refractivity (Wildman–Crippen MR) is 92.5 cm³/mol. The van der Waals surface area contributed by atoms with Crippen LogP contribution in [-0.2, 0) is 10.0 Å². The van der Waals surface area contributed by atoms with E-state index in [-0.39, 0.29) is 23.7 Å². The maximum atomic E-state index is 12.5. The van der Waals surface area contributed by atoms with Crippen LogP contribution in [0.1, 0.15) is 30.8 Å². The van der Waals surface area contributed by atoms with Crippen molar-refractivity contribution < 1.29 is 8.42 Å². The van der Waals surface area contributed by atoms with Gasteiger partial charge in [0.25, 0.3) is 10.0 Å². The summed E-state index contributed by atoms with van der Waals surface area (Å²) in [5.74, 6) is 0. The topological polar surface area (TPSA) is 81.8 Å². The van der Waals surface area contributed by atoms with E-state index in [9.17, 15) is 8.42 Å². The van der Waals surface area contributed by atoms with E-state index in [2.05, 4.69) is 14.8 Å². The summed E-state index contributed by atoms with van der Waals surface area (Å²) in [7, 11) is -3.67. The number of nitrogens with one attached hydrogen (secondary N) is 1. The molecule has 24 heavy (non-hydrogen) atoms. The molecule has 0 aromatic carbocycles. The molecule has 0 amide bonds. The van der Waals surface area contributed by atoms with Gasteiger partial charge in [-0.05, 0) is 31.4 Å². The first-order valence-electron chi connectivity index (χ1n) is 7.53. The normalized spacial score (nSPS) is 13.5. The first-order valence-corrected chi connectivity index (χ1v) is 9.89. The van der Waals surface area contributed by atoms with Gasteiger partial charge in [-0.15, -0.1) is 11.3 Å². The minimum atomic E-state index is -3.67. The van der Waals surface area contributed by atoms with Gasteiger partial charge in [0, 0.05) is 36.1 Å². The van der Waals surface area contributed by atoms with Gasteiger partial charge in [0.2, 0.25) is 0 Å². The van der Waals surface area contributed by atoms with Gasteiger partial charge in [-0.25, -0.2) is 18.1 Å². The van der Waals surface area contributed by atoms with Gasteiger partial charge in [0.15, 0.2) is 5.03 Å². The smallest absolute Gasteiger partial charge is 0.259 e. The molecule has 0 radical (unpaired) electrons. The van der Waals surface area contributed by atoms with Crippen LogP contribution in [0.5, 0.6) is 0 Å². The van der Waals surface area contributed by atoms with Crippen molar-refractivity contribution in [2.75, 3.05) is 6.54 Å². The van der Waals surface area contributed by atoms with Crippen LogP contribution < -0.4 is 4.72 Å². The second kappa shape index (κ2) is 6.88. The van der Waals surface area contributed by atoms with Gasteiger partial charge in [0.1, 0.15) is 0 Å². The second-order valence-corrected chi connectivity index (χ2v) is 8.32. The molecule has 0 aliphatic heterocycles. The van der Waals surface area contributed by atoms with Crippen molar-refractivity contribution in [2.24, 2.45) is 0 Å². The molecule has 1 unspecified atom stereocenters. The van der Waals surface area contributed by atoms with Crippen LogP contribution in [0.4, 0.5) is 0 Å². The summed E-state index contributed by atoms with van der Waals surface area (Å²) in [6.45, 7) is 4.14. The zero-order chi connectivity index (χ0) is 17.2. The molecular formula is C15H19N5O2S2. The van der Waals surface area contributed by atoms with Gasteiger partial charge in [-0.3, -0.25) is 4.68 Å². The number of imidazole rings is 1. The Bertz CT molecular complexity index is 833. The zero-order valence-electron chi connectivity index (χ0n) is 13.4. The molecule has 3 rings (SSSR count). The fourth-order valence-electron chi connectivity index (χ4n) is 2.27. The molecule has 0 aliphatic rings. The molecule has 1 N–H and O–H groups in total. The summed E-state index contributed by atoms with van der Waals surface area (Å²) >= 11 is 1.57. The number of aromatic nitrogens is 4. The van der Waals surface area contributed by atoms with Gasteiger partial charge >= 0.3 is 0 Å². The quantitative estimate of drug-likeness (QED) is 0.696. The molecule has 0 saturated heterocycles. The lowest BCUT2D eigenvalue weighted by Crippen LogP contribution is -2.31. The number of rotatable bonds is 7. The molecule has 3 heterocycles. The first-order chi connectivity index (χ1) is 11.5. The van der Waals surface area contributed by atoms with Crippen molar-refractivity contribution in [2.45, 2.75) is 31.0 Å². The molecular weight excluding hydrogens is 346 g/mol. The molecule has 0 bridgehead atoms. The Morgan fingerprint density at radius 2 is 2.17 bits per heavy atom. The summed E-state index contributed by atoms with van der Waals surface area (Å²) in [6, 6.07) is 5.69. The van der Waals surface area contributed by atoms with E-state index in [0.717, 1.165) is 4.88 Å². The van der Waals surface area contributed by atoms with E-state index in [4.69, 9.17) is 0 Å². The van der Waals surface area contributed by atoms with Gasteiger partial charge in [-0.2, -0.15) is 5.10 Å². The standard InChI is InChI=1S/C15H19N5O2S2/c1-12(2)19-10-15(16-11-19)24(21,22)18-9-13(14-5-3-8-23-14)20-7-4-6-17-20/h3-8,10-13,18H,9H2,1-2H3. The lowest BCUT2D eigenvalue weighted by atomic mass is 10.2. The molecule has 128 valence electrons. The molecule has 0 spiro atoms. The third-order valence-corrected chi connectivity index (χ3v) is 5.91. The van der Waals surface area contributed by atoms with Crippen LogP contribution in [0, 0.1) is 0 Å². The minimum absolute atomic E-state index is 0.0293. The van der Waals surface area contributed by atoms with E-state index in [0.29, 0.717) is 0 Å². The molecule has 1 atom stereocenters. The first kappa shape index (κ1) is 16.9. The third-order valence-electron chi connectivity index (χ3n) is 3.63. The van der Waals surface area contributed by atoms with Crippen LogP contribution in [0.15, 0.2) is 53.5 Å². The maximum absolute atomic E-state index is 12.5. The molecule has 7 nitrogen and oxygen atoms in total. The average Bonchev–Trinajstić information content (AvgIpc) is 3.30. The Labute approximate surface area is 145 Å². The lowest BCUT2D eigenvalue weighted by molar-refractivity contribution is 0.510. The fourth-order valence-corrected chi connectivity index (χ4v) is 4.06. The Kier molecular flexibility index (Phi) is 4.83. The minimum Gasteiger partial charge on any atom is -0.334 e. The largest absolute Gasteiger partial charge is 0.334 e. The Balaban J connectivity index is 1.78. The lowest BCUT2D eigenvalue weighted by Gasteiger charge is -2.16. The van der Waals surface area contributed by atoms with Gasteiger partial charge in [0.05, 0.1) is 12.4 Å². The van der Waals surface area contributed by atoms with Crippen molar-refractivity contribution in [3.8, 4) is 0 Å². The highest BCUT2D eigenvalue weighted by molar-refractivity contribution is 7.89. The van der Waals surface area contributed by atoms with E-state index >= 15 is 0 Å². The van der Waals surface area contributed by atoms with Crippen LogP contribution in [0.25, 0.3) is 0 Å². The third kappa shape index (κ3) is 3.58. The Hall–Kier alpha value is -1.97. The highest BCUT2D eigenvalue weighted by Gasteiger charge is 2.22. The fraction of sp³-hybridized carbons (Fsp3) is 0.333. The van der Waals surface area contributed by atoms with Crippen LogP contribution in [0.3, 0.4) is 0 Å². The summed E-state index contributed by atoms with van der Waals surface area (Å²) in [5, 5.41) is 6.23. The van der Waals surface area contributed by atoms with Crippen molar-refractivity contribution in [3.05, 3.63) is 53.4 Å². The SMILES string of the molecule is CC(C)n1cnc(S(=O)(=O)NCC(c2cccs2)n2cccn2)c1. The highest BCUT2D eigenvalue weighted by atomic mass is 32.2. The van der Waals surface area contributed by atoms with Crippen LogP contribution >= 0.6 is 11.3 Å². The average molecular weight is 365 g/mol. The van der Waals surface area contributed by atoms with Gasteiger partial charge in [-0.1, -0.05) is 6.07 Å². The monoisotopic (exact) mass is 365 g/mol. The predicted octanol–water partition coefficient (Wildman–Crippen LogP) is 2.29. The van der Waals surface area contributed by atoms with E-state index < -0.39 is 10.0 Å². The molecule has 3 aromatic rings. The number of hydrogen-bond donors (Lipinski definition) is 1. The summed E-state index contributed by atoms with van der Waals surface area (Å²) < 4.78 is 31.2. The van der Waals surface area contributed by atoms with Crippen molar-refractivity contribution in [1.82, 2.24) is 24.1 Å². The second-order valence-electron chi connectivity index (χ2n) is 5.62. The number of hydrogen-bond acceptors (Lipinski definition) is 5. The molecule has 0 saturated carbocycles. The highest BCUT2D eigenvalue weighted by Crippen LogP contribution is 2.22. The van der Waals surface area contributed by atoms with Crippen molar-refractivity contribution in [1.29, 1.82) is 0 Å². The molecule has 3 aromatic heterocycles. The van der Waals surface area contributed by atoms with Crippen LogP contribution in [-0.4, -0.2) is 34.3 Å². The number of sulfonamides is 1. The van der Waals surface area contributed by atoms with Crippen molar-refractivity contribution >= 4 is 21.4 Å². The maximum Gasteiger partial charge on any atom is 0.259 e. The summed E-state index contributed by atoms with van der Waals surface area (Å²) in [6.07, 6.45) is 6.58. The van der Waals surface area contributed by atoms with E-state index in [1.165, 1.54) is 6.33 Å². The Morgan fingerprint density at radius 3 is 2.75 bits per heavy atom. The molecule has 9 heteroatoms. The zero-order valence-corrected chi connectivity index (χ0v) is 15.0.